The highest BCUT2D eigenvalue weighted by molar-refractivity contribution is 6.33. The summed E-state index contributed by atoms with van der Waals surface area (Å²) in [5.74, 6) is -1.62. The van der Waals surface area contributed by atoms with Crippen LogP contribution >= 0.6 is 11.6 Å². The van der Waals surface area contributed by atoms with Crippen LogP contribution in [-0.2, 0) is 25.5 Å². The zero-order chi connectivity index (χ0) is 24.2. The number of hydrogen-bond donors (Lipinski definition) is 2. The predicted molar refractivity (Wildman–Crippen MR) is 121 cm³/mol. The molecular formula is C23H25ClN2O8. The molecule has 3 unspecified atom stereocenters. The molecule has 11 heteroatoms. The van der Waals surface area contributed by atoms with Gasteiger partial charge in [0.15, 0.2) is 0 Å². The SMILES string of the molecule is CC1CC2OC2/C=C/C=C/C(=N\OCCN2CCOC2=O)Cc2c(Cl)c(O)cc(O)c2C(=O)O1. The summed E-state index contributed by atoms with van der Waals surface area (Å²) >= 11 is 6.31. The summed E-state index contributed by atoms with van der Waals surface area (Å²) in [6, 6.07) is 0.997. The fourth-order valence-corrected chi connectivity index (χ4v) is 3.98. The number of aromatic hydroxyl groups is 2. The minimum absolute atomic E-state index is 0.0434. The number of carbonyl (C=O) groups is 2. The summed E-state index contributed by atoms with van der Waals surface area (Å²) < 4.78 is 16.0. The largest absolute Gasteiger partial charge is 0.507 e. The van der Waals surface area contributed by atoms with Gasteiger partial charge >= 0.3 is 12.1 Å². The highest BCUT2D eigenvalue weighted by atomic mass is 35.5. The van der Waals surface area contributed by atoms with E-state index >= 15 is 0 Å². The number of hydrogen-bond acceptors (Lipinski definition) is 9. The van der Waals surface area contributed by atoms with Crippen LogP contribution in [0.2, 0.25) is 5.02 Å². The van der Waals surface area contributed by atoms with E-state index in [1.165, 1.54) is 4.90 Å². The number of allylic oxidation sites excluding steroid dienone is 3. The molecule has 3 atom stereocenters. The molecule has 0 aliphatic carbocycles. The molecule has 1 amide bonds. The van der Waals surface area contributed by atoms with Crippen molar-refractivity contribution < 1.29 is 38.9 Å². The molecule has 0 aromatic heterocycles. The van der Waals surface area contributed by atoms with Crippen molar-refractivity contribution in [2.75, 3.05) is 26.3 Å². The normalized spacial score (nSPS) is 27.8. The van der Waals surface area contributed by atoms with Crippen molar-refractivity contribution in [2.45, 2.75) is 38.1 Å². The van der Waals surface area contributed by atoms with E-state index in [9.17, 15) is 19.8 Å². The molecule has 0 radical (unpaired) electrons. The lowest BCUT2D eigenvalue weighted by molar-refractivity contribution is 0.0305. The highest BCUT2D eigenvalue weighted by Crippen LogP contribution is 2.38. The summed E-state index contributed by atoms with van der Waals surface area (Å²) in [6.45, 7) is 2.97. The van der Waals surface area contributed by atoms with Gasteiger partial charge in [-0.1, -0.05) is 35.0 Å². The summed E-state index contributed by atoms with van der Waals surface area (Å²) in [5.41, 5.74) is 0.345. The summed E-state index contributed by atoms with van der Waals surface area (Å²) in [7, 11) is 0. The van der Waals surface area contributed by atoms with Crippen LogP contribution < -0.4 is 0 Å². The lowest BCUT2D eigenvalue weighted by Crippen LogP contribution is -2.27. The number of phenolic OH excluding ortho intramolecular Hbond substituents is 2. The van der Waals surface area contributed by atoms with Gasteiger partial charge in [-0.15, -0.1) is 0 Å². The molecule has 3 aliphatic heterocycles. The van der Waals surface area contributed by atoms with Crippen molar-refractivity contribution in [3.05, 3.63) is 46.5 Å². The van der Waals surface area contributed by atoms with Crippen molar-refractivity contribution >= 4 is 29.4 Å². The summed E-state index contributed by atoms with van der Waals surface area (Å²) in [6.07, 6.45) is 6.53. The number of fused-ring (bicyclic) bond motifs is 2. The third-order valence-electron chi connectivity index (χ3n) is 5.56. The van der Waals surface area contributed by atoms with Gasteiger partial charge in [0, 0.05) is 18.9 Å². The van der Waals surface area contributed by atoms with E-state index in [0.29, 0.717) is 31.8 Å². The maximum Gasteiger partial charge on any atom is 0.410 e. The second kappa shape index (κ2) is 10.4. The predicted octanol–water partition coefficient (Wildman–Crippen LogP) is 2.95. The molecule has 1 aromatic carbocycles. The average molecular weight is 493 g/mol. The van der Waals surface area contributed by atoms with E-state index in [1.807, 2.05) is 12.2 Å². The lowest BCUT2D eigenvalue weighted by Gasteiger charge is -2.17. The number of esters is 1. The van der Waals surface area contributed by atoms with E-state index in [1.54, 1.807) is 19.1 Å². The molecule has 10 nitrogen and oxygen atoms in total. The first kappa shape index (κ1) is 23.9. The zero-order valence-corrected chi connectivity index (χ0v) is 19.2. The second-order valence-corrected chi connectivity index (χ2v) is 8.49. The van der Waals surface area contributed by atoms with Gasteiger partial charge < -0.3 is 34.2 Å². The molecule has 0 bridgehead atoms. The second-order valence-electron chi connectivity index (χ2n) is 8.11. The Morgan fingerprint density at radius 2 is 2.09 bits per heavy atom. The van der Waals surface area contributed by atoms with Crippen molar-refractivity contribution in [1.29, 1.82) is 0 Å². The van der Waals surface area contributed by atoms with Crippen molar-refractivity contribution in [1.82, 2.24) is 4.90 Å². The van der Waals surface area contributed by atoms with Crippen LogP contribution in [0.5, 0.6) is 11.5 Å². The van der Waals surface area contributed by atoms with Crippen LogP contribution in [0.4, 0.5) is 4.79 Å². The Morgan fingerprint density at radius 3 is 2.85 bits per heavy atom. The molecular weight excluding hydrogens is 468 g/mol. The quantitative estimate of drug-likeness (QED) is 0.284. The first-order valence-corrected chi connectivity index (χ1v) is 11.3. The Balaban J connectivity index is 1.61. The number of carbonyl (C=O) groups excluding carboxylic acids is 2. The van der Waals surface area contributed by atoms with E-state index in [0.717, 1.165) is 6.07 Å². The zero-order valence-electron chi connectivity index (χ0n) is 18.5. The maximum absolute atomic E-state index is 12.9. The number of oxime groups is 1. The van der Waals surface area contributed by atoms with Crippen LogP contribution in [-0.4, -0.2) is 77.5 Å². The molecule has 2 saturated heterocycles. The van der Waals surface area contributed by atoms with Crippen LogP contribution in [0.25, 0.3) is 0 Å². The molecule has 0 spiro atoms. The minimum Gasteiger partial charge on any atom is -0.507 e. The number of ether oxygens (including phenoxy) is 3. The Labute approximate surface area is 201 Å². The molecule has 0 saturated carbocycles. The van der Waals surface area contributed by atoms with Crippen molar-refractivity contribution in [3.8, 4) is 11.5 Å². The number of halogens is 1. The highest BCUT2D eigenvalue weighted by Gasteiger charge is 2.38. The lowest BCUT2D eigenvalue weighted by atomic mass is 9.99. The number of epoxide rings is 1. The van der Waals surface area contributed by atoms with Gasteiger partial charge in [0.1, 0.15) is 42.5 Å². The summed E-state index contributed by atoms with van der Waals surface area (Å²) in [4.78, 5) is 31.4. The van der Waals surface area contributed by atoms with Gasteiger partial charge in [-0.3, -0.25) is 0 Å². The maximum atomic E-state index is 12.9. The van der Waals surface area contributed by atoms with Crippen LogP contribution in [0, 0.1) is 0 Å². The number of nitrogens with zero attached hydrogens (tertiary/aromatic N) is 2. The summed E-state index contributed by atoms with van der Waals surface area (Å²) in [5, 5.41) is 24.6. The van der Waals surface area contributed by atoms with E-state index in [4.69, 9.17) is 30.6 Å². The smallest absolute Gasteiger partial charge is 0.410 e. The molecule has 3 heterocycles. The Bertz CT molecular complexity index is 1050. The van der Waals surface area contributed by atoms with Crippen molar-refractivity contribution in [3.63, 3.8) is 0 Å². The van der Waals surface area contributed by atoms with Gasteiger partial charge in [-0.25, -0.2) is 9.59 Å². The van der Waals surface area contributed by atoms with E-state index in [2.05, 4.69) is 5.16 Å². The fraction of sp³-hybridized carbons (Fsp3) is 0.435. The van der Waals surface area contributed by atoms with Gasteiger partial charge in [0.2, 0.25) is 0 Å². The number of phenols is 2. The van der Waals surface area contributed by atoms with Crippen molar-refractivity contribution in [2.24, 2.45) is 5.16 Å². The van der Waals surface area contributed by atoms with Crippen LogP contribution in [0.3, 0.4) is 0 Å². The molecule has 1 aromatic rings. The monoisotopic (exact) mass is 492 g/mol. The standard InChI is InChI=1S/C23H25ClN2O8/c1-13-10-19-18(34-19)5-3-2-4-14(25-32-9-7-26-6-8-31-23(26)30)11-15-20(22(29)33-13)16(27)12-17(28)21(15)24/h2-5,12-13,18-19,27-28H,6-11H2,1H3/b4-2+,5-3+,25-14+. The number of benzene rings is 1. The number of rotatable bonds is 4. The first-order valence-electron chi connectivity index (χ1n) is 10.9. The van der Waals surface area contributed by atoms with E-state index in [-0.39, 0.29) is 47.1 Å². The Hall–Kier alpha value is -3.24. The molecule has 2 N–H and O–H groups in total. The minimum atomic E-state index is -0.775. The average Bonchev–Trinajstić information content (AvgIpc) is 3.38. The Morgan fingerprint density at radius 1 is 1.26 bits per heavy atom. The number of cyclic esters (lactones) is 2. The van der Waals surface area contributed by atoms with Crippen LogP contribution in [0.15, 0.2) is 35.5 Å². The topological polar surface area (TPSA) is 130 Å². The third kappa shape index (κ3) is 5.63. The van der Waals surface area contributed by atoms with Gasteiger partial charge in [0.05, 0.1) is 29.9 Å². The van der Waals surface area contributed by atoms with E-state index < -0.39 is 23.9 Å². The Kier molecular flexibility index (Phi) is 7.28. The van der Waals surface area contributed by atoms with Gasteiger partial charge in [-0.05, 0) is 18.6 Å². The third-order valence-corrected chi connectivity index (χ3v) is 5.98. The fourth-order valence-electron chi connectivity index (χ4n) is 3.76. The molecule has 2 fully saturated rings. The molecule has 3 aliphatic rings. The van der Waals surface area contributed by atoms with Crippen LogP contribution in [0.1, 0.15) is 29.3 Å². The van der Waals surface area contributed by atoms with Gasteiger partial charge in [0.25, 0.3) is 0 Å². The molecule has 34 heavy (non-hydrogen) atoms. The molecule has 182 valence electrons. The molecule has 4 rings (SSSR count). The first-order chi connectivity index (χ1) is 16.3. The number of amides is 1. The van der Waals surface area contributed by atoms with Gasteiger partial charge in [-0.2, -0.15) is 0 Å².